The van der Waals surface area contributed by atoms with Crippen molar-refractivity contribution in [3.8, 4) is 11.5 Å². The van der Waals surface area contributed by atoms with E-state index in [-0.39, 0.29) is 11.3 Å². The third-order valence-electron chi connectivity index (χ3n) is 2.13. The molecule has 0 bridgehead atoms. The number of anilines is 1. The quantitative estimate of drug-likeness (QED) is 0.723. The number of carboxylic acids is 1. The Morgan fingerprint density at radius 3 is 2.28 bits per heavy atom. The normalized spacial score (nSPS) is 9.67. The van der Waals surface area contributed by atoms with Gasteiger partial charge in [0.05, 0.1) is 24.5 Å². The van der Waals surface area contributed by atoms with Gasteiger partial charge in [-0.1, -0.05) is 0 Å². The Morgan fingerprint density at radius 1 is 1.28 bits per heavy atom. The van der Waals surface area contributed by atoms with Crippen molar-refractivity contribution in [2.24, 2.45) is 0 Å². The van der Waals surface area contributed by atoms with Gasteiger partial charge in [0.2, 0.25) is 6.41 Å². The van der Waals surface area contributed by atoms with Crippen molar-refractivity contribution in [3.05, 3.63) is 17.7 Å². The van der Waals surface area contributed by atoms with Crippen molar-refractivity contribution >= 4 is 18.1 Å². The highest BCUT2D eigenvalue weighted by Gasteiger charge is 2.16. The Kier molecular flexibility index (Phi) is 4.98. The van der Waals surface area contributed by atoms with Crippen LogP contribution in [0.15, 0.2) is 12.1 Å². The van der Waals surface area contributed by atoms with Crippen LogP contribution < -0.4 is 14.8 Å². The van der Waals surface area contributed by atoms with Crippen molar-refractivity contribution in [1.29, 1.82) is 0 Å². The Labute approximate surface area is 105 Å². The second-order valence-corrected chi connectivity index (χ2v) is 3.28. The van der Waals surface area contributed by atoms with E-state index in [4.69, 9.17) is 14.6 Å². The van der Waals surface area contributed by atoms with E-state index in [1.807, 2.05) is 0 Å². The number of hydrogen-bond donors (Lipinski definition) is 2. The average Bonchev–Trinajstić information content (AvgIpc) is 2.32. The molecule has 0 saturated heterocycles. The molecule has 1 amide bonds. The van der Waals surface area contributed by atoms with E-state index in [0.717, 1.165) is 0 Å². The summed E-state index contributed by atoms with van der Waals surface area (Å²) in [5.74, 6) is -0.412. The molecular formula is C12H15NO5. The molecule has 0 heterocycles. The topological polar surface area (TPSA) is 84.9 Å². The summed E-state index contributed by atoms with van der Waals surface area (Å²) < 4.78 is 10.6. The fraction of sp³-hybridized carbons (Fsp3) is 0.333. The van der Waals surface area contributed by atoms with Crippen molar-refractivity contribution in [3.63, 3.8) is 0 Å². The summed E-state index contributed by atoms with van der Waals surface area (Å²) in [5, 5.41) is 11.4. The summed E-state index contributed by atoms with van der Waals surface area (Å²) in [7, 11) is 0. The molecule has 0 unspecified atom stereocenters. The minimum Gasteiger partial charge on any atom is -0.490 e. The molecule has 6 heteroatoms. The fourth-order valence-electron chi connectivity index (χ4n) is 1.46. The van der Waals surface area contributed by atoms with Crippen LogP contribution in [0.3, 0.4) is 0 Å². The lowest BCUT2D eigenvalue weighted by atomic mass is 10.1. The van der Waals surface area contributed by atoms with Gasteiger partial charge in [0.15, 0.2) is 11.5 Å². The van der Waals surface area contributed by atoms with Crippen molar-refractivity contribution < 1.29 is 24.2 Å². The first kappa shape index (κ1) is 13.8. The molecule has 18 heavy (non-hydrogen) atoms. The Bertz CT molecular complexity index is 444. The molecule has 1 aromatic rings. The zero-order valence-corrected chi connectivity index (χ0v) is 10.2. The molecule has 0 aromatic heterocycles. The van der Waals surface area contributed by atoms with E-state index in [2.05, 4.69) is 5.32 Å². The highest BCUT2D eigenvalue weighted by molar-refractivity contribution is 5.97. The molecule has 0 aliphatic rings. The summed E-state index contributed by atoms with van der Waals surface area (Å²) in [6.07, 6.45) is 0.415. The van der Waals surface area contributed by atoms with Gasteiger partial charge in [-0.25, -0.2) is 4.79 Å². The lowest BCUT2D eigenvalue weighted by molar-refractivity contribution is -0.105. The van der Waals surface area contributed by atoms with Crippen molar-refractivity contribution in [1.82, 2.24) is 0 Å². The Hall–Kier alpha value is -2.24. The van der Waals surface area contributed by atoms with Crippen LogP contribution >= 0.6 is 0 Å². The second-order valence-electron chi connectivity index (χ2n) is 3.28. The molecular weight excluding hydrogens is 238 g/mol. The second kappa shape index (κ2) is 6.48. The van der Waals surface area contributed by atoms with Gasteiger partial charge in [-0.2, -0.15) is 0 Å². The monoisotopic (exact) mass is 253 g/mol. The third-order valence-corrected chi connectivity index (χ3v) is 2.13. The number of ether oxygens (including phenoxy) is 2. The third kappa shape index (κ3) is 3.13. The van der Waals surface area contributed by atoms with Gasteiger partial charge in [-0.05, 0) is 13.8 Å². The van der Waals surface area contributed by atoms with Crippen LogP contribution in [0.2, 0.25) is 0 Å². The van der Waals surface area contributed by atoms with Crippen LogP contribution in [0.25, 0.3) is 0 Å². The summed E-state index contributed by atoms with van der Waals surface area (Å²) in [5.41, 5.74) is 0.124. The summed E-state index contributed by atoms with van der Waals surface area (Å²) in [6.45, 7) is 4.38. The molecule has 0 aliphatic heterocycles. The maximum Gasteiger partial charge on any atom is 0.337 e. The largest absolute Gasteiger partial charge is 0.490 e. The first-order chi connectivity index (χ1) is 8.63. The van der Waals surface area contributed by atoms with E-state index < -0.39 is 5.97 Å². The Morgan fingerprint density at radius 2 is 1.83 bits per heavy atom. The molecule has 2 N–H and O–H groups in total. The number of amides is 1. The SMILES string of the molecule is CCOc1cc(NC=O)c(C(=O)O)cc1OCC. The van der Waals surface area contributed by atoms with Gasteiger partial charge in [0, 0.05) is 12.1 Å². The van der Waals surface area contributed by atoms with Crippen LogP contribution in [0, 0.1) is 0 Å². The van der Waals surface area contributed by atoms with E-state index in [9.17, 15) is 9.59 Å². The van der Waals surface area contributed by atoms with Gasteiger partial charge in [-0.15, -0.1) is 0 Å². The maximum atomic E-state index is 11.1. The predicted octanol–water partition coefficient (Wildman–Crippen LogP) is 1.75. The molecule has 6 nitrogen and oxygen atoms in total. The molecule has 1 aromatic carbocycles. The molecule has 0 radical (unpaired) electrons. The molecule has 1 rings (SSSR count). The summed E-state index contributed by atoms with van der Waals surface area (Å²) in [4.78, 5) is 21.5. The van der Waals surface area contributed by atoms with Gasteiger partial charge in [0.1, 0.15) is 0 Å². The standard InChI is InChI=1S/C12H15NO5/c1-3-17-10-5-8(12(15)16)9(13-7-14)6-11(10)18-4-2/h5-7H,3-4H2,1-2H3,(H,13,14)(H,15,16). The molecule has 0 spiro atoms. The number of aromatic carboxylic acids is 1. The molecule has 0 saturated carbocycles. The van der Waals surface area contributed by atoms with Crippen LogP contribution in [-0.2, 0) is 4.79 Å². The maximum absolute atomic E-state index is 11.1. The zero-order valence-electron chi connectivity index (χ0n) is 10.2. The smallest absolute Gasteiger partial charge is 0.337 e. The highest BCUT2D eigenvalue weighted by Crippen LogP contribution is 2.33. The first-order valence-electron chi connectivity index (χ1n) is 5.51. The van der Waals surface area contributed by atoms with E-state index in [1.54, 1.807) is 13.8 Å². The predicted molar refractivity (Wildman–Crippen MR) is 65.4 cm³/mol. The molecule has 98 valence electrons. The number of carboxylic acid groups (broad SMARTS) is 1. The van der Waals surface area contributed by atoms with Crippen LogP contribution in [0.1, 0.15) is 24.2 Å². The van der Waals surface area contributed by atoms with Crippen molar-refractivity contribution in [2.45, 2.75) is 13.8 Å². The lowest BCUT2D eigenvalue weighted by Crippen LogP contribution is -2.07. The van der Waals surface area contributed by atoms with E-state index >= 15 is 0 Å². The van der Waals surface area contributed by atoms with Gasteiger partial charge in [-0.3, -0.25) is 4.79 Å². The number of carbonyl (C=O) groups is 2. The van der Waals surface area contributed by atoms with Crippen LogP contribution in [0.5, 0.6) is 11.5 Å². The number of benzene rings is 1. The average molecular weight is 253 g/mol. The number of rotatable bonds is 7. The number of hydrogen-bond acceptors (Lipinski definition) is 4. The van der Waals surface area contributed by atoms with Crippen LogP contribution in [0.4, 0.5) is 5.69 Å². The molecule has 0 atom stereocenters. The Balaban J connectivity index is 3.29. The summed E-state index contributed by atoms with van der Waals surface area (Å²) >= 11 is 0. The molecule has 0 fully saturated rings. The van der Waals surface area contributed by atoms with E-state index in [1.165, 1.54) is 12.1 Å². The first-order valence-corrected chi connectivity index (χ1v) is 5.51. The van der Waals surface area contributed by atoms with Crippen molar-refractivity contribution in [2.75, 3.05) is 18.5 Å². The van der Waals surface area contributed by atoms with Gasteiger partial charge < -0.3 is 19.9 Å². The summed E-state index contributed by atoms with van der Waals surface area (Å²) in [6, 6.07) is 2.77. The molecule has 0 aliphatic carbocycles. The highest BCUT2D eigenvalue weighted by atomic mass is 16.5. The van der Waals surface area contributed by atoms with Gasteiger partial charge in [0.25, 0.3) is 0 Å². The van der Waals surface area contributed by atoms with Crippen LogP contribution in [-0.4, -0.2) is 30.7 Å². The number of carbonyl (C=O) groups excluding carboxylic acids is 1. The fourth-order valence-corrected chi connectivity index (χ4v) is 1.46. The lowest BCUT2D eigenvalue weighted by Gasteiger charge is -2.14. The van der Waals surface area contributed by atoms with E-state index in [0.29, 0.717) is 31.1 Å². The van der Waals surface area contributed by atoms with Gasteiger partial charge >= 0.3 is 5.97 Å². The minimum atomic E-state index is -1.15. The zero-order chi connectivity index (χ0) is 13.5. The number of nitrogens with one attached hydrogen (secondary N) is 1. The minimum absolute atomic E-state index is 0.0472.